The average molecular weight is 355 g/mol. The number of aromatic nitrogens is 3. The van der Waals surface area contributed by atoms with Crippen LogP contribution in [0.15, 0.2) is 57.0 Å². The smallest absolute Gasteiger partial charge is 0.325 e. The average Bonchev–Trinajstić information content (AvgIpc) is 3.13. The fourth-order valence-corrected chi connectivity index (χ4v) is 3.46. The molecule has 0 saturated heterocycles. The summed E-state index contributed by atoms with van der Waals surface area (Å²) in [4.78, 5) is 29.6. The first kappa shape index (κ1) is 15.6. The van der Waals surface area contributed by atoms with Crippen LogP contribution in [0.3, 0.4) is 0 Å². The van der Waals surface area contributed by atoms with Gasteiger partial charge >= 0.3 is 17.4 Å². The van der Waals surface area contributed by atoms with Crippen molar-refractivity contribution in [1.29, 1.82) is 0 Å². The lowest BCUT2D eigenvalue weighted by Crippen LogP contribution is -2.60. The molecule has 7 nitrogen and oxygen atoms in total. The summed E-state index contributed by atoms with van der Waals surface area (Å²) in [6.45, 7) is 1.49. The molecule has 0 saturated carbocycles. The Morgan fingerprint density at radius 1 is 1.32 bits per heavy atom. The van der Waals surface area contributed by atoms with Crippen molar-refractivity contribution in [2.45, 2.75) is 18.2 Å². The Bertz CT molecular complexity index is 1010. The molecule has 1 amide bonds. The van der Waals surface area contributed by atoms with Crippen LogP contribution in [0, 0.1) is 0 Å². The van der Waals surface area contributed by atoms with E-state index in [1.165, 1.54) is 24.9 Å². The summed E-state index contributed by atoms with van der Waals surface area (Å²) in [6.07, 6.45) is 2.70. The summed E-state index contributed by atoms with van der Waals surface area (Å²) in [6, 6.07) is 10.8. The minimum Gasteiger partial charge on any atom is -0.460 e. The SMILES string of the molecule is CSc1n[n+]2c(c(=O)[nH]1)-c1ccccc1N(C(C)=O)[C@@H]2c1ccco1. The van der Waals surface area contributed by atoms with E-state index in [0.717, 1.165) is 0 Å². The Balaban J connectivity index is 2.11. The van der Waals surface area contributed by atoms with Gasteiger partial charge in [-0.05, 0) is 35.2 Å². The summed E-state index contributed by atoms with van der Waals surface area (Å²) in [5.74, 6) is 0.362. The monoisotopic (exact) mass is 355 g/mol. The zero-order valence-corrected chi connectivity index (χ0v) is 14.4. The number of nitrogens with zero attached hydrogens (tertiary/aromatic N) is 3. The van der Waals surface area contributed by atoms with Crippen molar-refractivity contribution >= 4 is 23.4 Å². The predicted octanol–water partition coefficient (Wildman–Crippen LogP) is 1.95. The van der Waals surface area contributed by atoms with E-state index >= 15 is 0 Å². The number of rotatable bonds is 2. The maximum atomic E-state index is 12.7. The number of hydrogen-bond acceptors (Lipinski definition) is 5. The van der Waals surface area contributed by atoms with E-state index in [1.807, 2.05) is 30.5 Å². The lowest BCUT2D eigenvalue weighted by atomic mass is 10.0. The molecule has 0 unspecified atom stereocenters. The highest BCUT2D eigenvalue weighted by Crippen LogP contribution is 2.37. The van der Waals surface area contributed by atoms with Gasteiger partial charge in [0.05, 0.1) is 17.5 Å². The van der Waals surface area contributed by atoms with E-state index < -0.39 is 6.17 Å². The van der Waals surface area contributed by atoms with Gasteiger partial charge in [0.2, 0.25) is 11.1 Å². The standard InChI is InChI=1S/C17H14N4O3S/c1-10(22)20-12-7-4-3-6-11(12)14-15(23)18-17(25-2)19-21(14)16(20)13-8-5-9-24-13/h3-9,16H,1-2H3/p+1/t16-/m0/s1. The summed E-state index contributed by atoms with van der Waals surface area (Å²) in [5.41, 5.74) is 1.45. The molecule has 1 aliphatic rings. The van der Waals surface area contributed by atoms with Crippen LogP contribution in [-0.4, -0.2) is 22.2 Å². The van der Waals surface area contributed by atoms with E-state index in [0.29, 0.717) is 27.9 Å². The molecule has 1 aliphatic heterocycles. The highest BCUT2D eigenvalue weighted by molar-refractivity contribution is 7.98. The maximum Gasteiger partial charge on any atom is 0.325 e. The van der Waals surface area contributed by atoms with Crippen molar-refractivity contribution in [1.82, 2.24) is 10.1 Å². The fourth-order valence-electron chi connectivity index (χ4n) is 3.10. The minimum absolute atomic E-state index is 0.167. The van der Waals surface area contributed by atoms with Crippen LogP contribution in [0.5, 0.6) is 0 Å². The lowest BCUT2D eigenvalue weighted by molar-refractivity contribution is -0.764. The van der Waals surface area contributed by atoms with Crippen LogP contribution >= 0.6 is 11.8 Å². The molecular weight excluding hydrogens is 340 g/mol. The molecule has 4 rings (SSSR count). The quantitative estimate of drug-likeness (QED) is 0.561. The number of thioether (sulfide) groups is 1. The Kier molecular flexibility index (Phi) is 3.69. The van der Waals surface area contributed by atoms with Crippen LogP contribution in [0.4, 0.5) is 5.69 Å². The summed E-state index contributed by atoms with van der Waals surface area (Å²) < 4.78 is 7.13. The first-order valence-electron chi connectivity index (χ1n) is 7.64. The molecule has 0 radical (unpaired) electrons. The number of fused-ring (bicyclic) bond motifs is 3. The Morgan fingerprint density at radius 2 is 2.12 bits per heavy atom. The molecular formula is C17H15N4O3S+. The van der Waals surface area contributed by atoms with Crippen molar-refractivity contribution in [2.24, 2.45) is 0 Å². The van der Waals surface area contributed by atoms with Gasteiger partial charge in [0.1, 0.15) is 0 Å². The van der Waals surface area contributed by atoms with E-state index in [4.69, 9.17) is 4.42 Å². The highest BCUT2D eigenvalue weighted by atomic mass is 32.2. The van der Waals surface area contributed by atoms with Crippen LogP contribution in [0.25, 0.3) is 11.3 Å². The summed E-state index contributed by atoms with van der Waals surface area (Å²) in [5, 5.41) is 5.00. The van der Waals surface area contributed by atoms with Crippen molar-refractivity contribution in [2.75, 3.05) is 11.2 Å². The number of H-pyrrole nitrogens is 1. The summed E-state index contributed by atoms with van der Waals surface area (Å²) in [7, 11) is 0. The topological polar surface area (TPSA) is 83.1 Å². The lowest BCUT2D eigenvalue weighted by Gasteiger charge is -2.29. The van der Waals surface area contributed by atoms with E-state index in [2.05, 4.69) is 10.1 Å². The molecule has 0 spiro atoms. The number of para-hydroxylation sites is 1. The van der Waals surface area contributed by atoms with E-state index in [1.54, 1.807) is 21.7 Å². The van der Waals surface area contributed by atoms with Gasteiger partial charge in [0, 0.05) is 12.0 Å². The third-order valence-electron chi connectivity index (χ3n) is 4.09. The Hall–Kier alpha value is -2.87. The largest absolute Gasteiger partial charge is 0.460 e. The van der Waals surface area contributed by atoms with Crippen molar-refractivity contribution < 1.29 is 13.9 Å². The van der Waals surface area contributed by atoms with E-state index in [-0.39, 0.29) is 11.5 Å². The number of nitrogens with one attached hydrogen (secondary N) is 1. The van der Waals surface area contributed by atoms with Crippen LogP contribution in [-0.2, 0) is 4.79 Å². The first-order valence-corrected chi connectivity index (χ1v) is 8.87. The number of aromatic amines is 1. The Morgan fingerprint density at radius 3 is 2.80 bits per heavy atom. The number of furan rings is 1. The molecule has 3 heterocycles. The van der Waals surface area contributed by atoms with Gasteiger partial charge in [0.15, 0.2) is 5.76 Å². The highest BCUT2D eigenvalue weighted by Gasteiger charge is 2.46. The maximum absolute atomic E-state index is 12.7. The number of hydrogen-bond donors (Lipinski definition) is 1. The van der Waals surface area contributed by atoms with Crippen LogP contribution in [0.2, 0.25) is 0 Å². The van der Waals surface area contributed by atoms with Crippen molar-refractivity contribution in [3.8, 4) is 11.3 Å². The summed E-state index contributed by atoms with van der Waals surface area (Å²) >= 11 is 1.32. The molecule has 126 valence electrons. The van der Waals surface area contributed by atoms with E-state index in [9.17, 15) is 9.59 Å². The zero-order chi connectivity index (χ0) is 17.6. The normalized spacial score (nSPS) is 15.6. The van der Waals surface area contributed by atoms with Gasteiger partial charge in [-0.25, -0.2) is 4.90 Å². The van der Waals surface area contributed by atoms with Crippen molar-refractivity contribution in [3.05, 3.63) is 58.8 Å². The van der Waals surface area contributed by atoms with Gasteiger partial charge < -0.3 is 4.42 Å². The zero-order valence-electron chi connectivity index (χ0n) is 13.6. The molecule has 1 atom stereocenters. The molecule has 1 N–H and O–H groups in total. The number of amides is 1. The van der Waals surface area contributed by atoms with Gasteiger partial charge in [-0.2, -0.15) is 0 Å². The molecule has 0 aliphatic carbocycles. The number of benzene rings is 1. The molecule has 1 aromatic carbocycles. The molecule has 0 bridgehead atoms. The predicted molar refractivity (Wildman–Crippen MR) is 92.3 cm³/mol. The number of carbonyl (C=O) groups is 1. The third-order valence-corrected chi connectivity index (χ3v) is 4.66. The molecule has 2 aromatic heterocycles. The van der Waals surface area contributed by atoms with Crippen LogP contribution < -0.4 is 15.1 Å². The van der Waals surface area contributed by atoms with Gasteiger partial charge in [0.25, 0.3) is 0 Å². The Labute approximate surface area is 147 Å². The van der Waals surface area contributed by atoms with Gasteiger partial charge in [-0.1, -0.05) is 23.9 Å². The third kappa shape index (κ3) is 2.37. The second kappa shape index (κ2) is 5.89. The molecule has 3 aromatic rings. The first-order chi connectivity index (χ1) is 12.1. The molecule has 25 heavy (non-hydrogen) atoms. The molecule has 0 fully saturated rings. The van der Waals surface area contributed by atoms with Gasteiger partial charge in [-0.15, -0.1) is 0 Å². The molecule has 8 heteroatoms. The second-order valence-electron chi connectivity index (χ2n) is 5.55. The van der Waals surface area contributed by atoms with Crippen molar-refractivity contribution in [3.63, 3.8) is 0 Å². The number of anilines is 1. The number of carbonyl (C=O) groups excluding carboxylic acids is 1. The fraction of sp³-hybridized carbons (Fsp3) is 0.176. The minimum atomic E-state index is -0.661. The van der Waals surface area contributed by atoms with Crippen LogP contribution in [0.1, 0.15) is 18.8 Å². The van der Waals surface area contributed by atoms with Gasteiger partial charge in [-0.3, -0.25) is 14.6 Å². The second-order valence-corrected chi connectivity index (χ2v) is 6.35.